The minimum Gasteiger partial charge on any atom is -0.297 e. The van der Waals surface area contributed by atoms with Gasteiger partial charge < -0.3 is 0 Å². The molecule has 2 aliphatic heterocycles. The number of nitrogens with zero attached hydrogens (tertiary/aromatic N) is 4. The Bertz CT molecular complexity index is 370. The van der Waals surface area contributed by atoms with Crippen molar-refractivity contribution in [2.75, 3.05) is 65.4 Å². The van der Waals surface area contributed by atoms with E-state index < -0.39 is 12.6 Å². The molecule has 0 N–H and O–H groups in total. The van der Waals surface area contributed by atoms with Crippen LogP contribution >= 0.6 is 0 Å². The van der Waals surface area contributed by atoms with Gasteiger partial charge in [-0.3, -0.25) is 9.80 Å². The maximum absolute atomic E-state index is 12.5. The van der Waals surface area contributed by atoms with Crippen LogP contribution in [-0.2, 0) is 0 Å². The Labute approximate surface area is 151 Å². The SMILES string of the molecule is CC.FC(F)(F)N1CCN(C/C=C/CN2CCN(C(F)(F)F)CC2)CC1. The van der Waals surface area contributed by atoms with Gasteiger partial charge in [-0.25, -0.2) is 9.80 Å². The quantitative estimate of drug-likeness (QED) is 0.416. The molecule has 2 heterocycles. The van der Waals surface area contributed by atoms with Crippen molar-refractivity contribution in [1.82, 2.24) is 19.6 Å². The summed E-state index contributed by atoms with van der Waals surface area (Å²) in [4.78, 5) is 4.88. The maximum Gasteiger partial charge on any atom is 0.460 e. The molecule has 0 spiro atoms. The number of alkyl halides is 6. The molecule has 0 saturated carbocycles. The van der Waals surface area contributed by atoms with Crippen molar-refractivity contribution in [3.63, 3.8) is 0 Å². The molecule has 0 aromatic heterocycles. The molecule has 0 aromatic carbocycles. The van der Waals surface area contributed by atoms with E-state index in [1.807, 2.05) is 35.8 Å². The summed E-state index contributed by atoms with van der Waals surface area (Å²) in [5, 5.41) is 0. The number of hydrogen-bond donors (Lipinski definition) is 0. The minimum atomic E-state index is -4.26. The third-order valence-corrected chi connectivity index (χ3v) is 4.36. The fourth-order valence-electron chi connectivity index (χ4n) is 2.82. The van der Waals surface area contributed by atoms with Crippen molar-refractivity contribution < 1.29 is 26.3 Å². The van der Waals surface area contributed by atoms with E-state index >= 15 is 0 Å². The van der Waals surface area contributed by atoms with Crippen LogP contribution in [0.4, 0.5) is 26.3 Å². The van der Waals surface area contributed by atoms with Crippen LogP contribution in [0.2, 0.25) is 0 Å². The van der Waals surface area contributed by atoms with Crippen LogP contribution in [0.25, 0.3) is 0 Å². The van der Waals surface area contributed by atoms with Gasteiger partial charge in [0.25, 0.3) is 0 Å². The molecule has 0 atom stereocenters. The molecule has 0 unspecified atom stereocenters. The predicted molar refractivity (Wildman–Crippen MR) is 88.6 cm³/mol. The van der Waals surface area contributed by atoms with E-state index in [0.717, 1.165) is 0 Å². The molecule has 0 aromatic rings. The molecule has 0 radical (unpaired) electrons. The zero-order valence-electron chi connectivity index (χ0n) is 15.3. The number of rotatable bonds is 4. The molecule has 0 amide bonds. The van der Waals surface area contributed by atoms with Crippen LogP contribution < -0.4 is 0 Å². The molecule has 0 bridgehead atoms. The molecule has 2 saturated heterocycles. The molecule has 2 fully saturated rings. The van der Waals surface area contributed by atoms with E-state index in [0.29, 0.717) is 49.1 Å². The summed E-state index contributed by atoms with van der Waals surface area (Å²) in [5.74, 6) is 0. The normalized spacial score (nSPS) is 22.5. The lowest BCUT2D eigenvalue weighted by Crippen LogP contribution is -2.52. The van der Waals surface area contributed by atoms with Gasteiger partial charge in [0.2, 0.25) is 0 Å². The lowest BCUT2D eigenvalue weighted by atomic mass is 10.3. The van der Waals surface area contributed by atoms with Crippen LogP contribution in [0.3, 0.4) is 0 Å². The van der Waals surface area contributed by atoms with E-state index in [9.17, 15) is 26.3 Å². The topological polar surface area (TPSA) is 13.0 Å². The van der Waals surface area contributed by atoms with E-state index in [-0.39, 0.29) is 26.2 Å². The first-order valence-electron chi connectivity index (χ1n) is 8.89. The van der Waals surface area contributed by atoms with E-state index in [2.05, 4.69) is 0 Å². The maximum atomic E-state index is 12.5. The van der Waals surface area contributed by atoms with Gasteiger partial charge in [0, 0.05) is 65.4 Å². The number of piperazine rings is 2. The van der Waals surface area contributed by atoms with Gasteiger partial charge in [-0.15, -0.1) is 0 Å². The molecule has 154 valence electrons. The van der Waals surface area contributed by atoms with E-state index in [1.165, 1.54) is 0 Å². The highest BCUT2D eigenvalue weighted by molar-refractivity contribution is 4.90. The first-order valence-corrected chi connectivity index (χ1v) is 8.89. The van der Waals surface area contributed by atoms with Gasteiger partial charge in [0.05, 0.1) is 0 Å². The van der Waals surface area contributed by atoms with E-state index in [4.69, 9.17) is 0 Å². The Hall–Kier alpha value is -0.840. The third-order valence-electron chi connectivity index (χ3n) is 4.36. The Morgan fingerprint density at radius 3 is 1.08 bits per heavy atom. The summed E-state index contributed by atoms with van der Waals surface area (Å²) in [5.41, 5.74) is 0. The second-order valence-electron chi connectivity index (χ2n) is 5.98. The monoisotopic (exact) mass is 390 g/mol. The van der Waals surface area contributed by atoms with Crippen LogP contribution in [0, 0.1) is 0 Å². The molecule has 0 aliphatic carbocycles. The van der Waals surface area contributed by atoms with Gasteiger partial charge >= 0.3 is 12.6 Å². The second-order valence-corrected chi connectivity index (χ2v) is 5.98. The lowest BCUT2D eigenvalue weighted by Gasteiger charge is -2.35. The van der Waals surface area contributed by atoms with Crippen molar-refractivity contribution in [3.05, 3.63) is 12.2 Å². The summed E-state index contributed by atoms with van der Waals surface area (Å²) in [6.07, 6.45) is -4.78. The summed E-state index contributed by atoms with van der Waals surface area (Å²) in [6, 6.07) is 0. The predicted octanol–water partition coefficient (Wildman–Crippen LogP) is 2.84. The van der Waals surface area contributed by atoms with Crippen molar-refractivity contribution in [3.8, 4) is 0 Å². The lowest BCUT2D eigenvalue weighted by molar-refractivity contribution is -0.252. The fourth-order valence-corrected chi connectivity index (χ4v) is 2.82. The van der Waals surface area contributed by atoms with Gasteiger partial charge in [-0.1, -0.05) is 26.0 Å². The van der Waals surface area contributed by atoms with Crippen LogP contribution in [-0.4, -0.2) is 97.6 Å². The molecule has 2 aliphatic rings. The van der Waals surface area contributed by atoms with Crippen molar-refractivity contribution in [2.24, 2.45) is 0 Å². The standard InChI is InChI=1S/C14H22F6N4.C2H6/c15-13(16,17)23-9-5-21(6-10-23)3-1-2-4-22-7-11-24(12-8-22)14(18,19)20;1-2/h1-2H,3-12H2;1-2H3/b2-1+;. The third kappa shape index (κ3) is 7.81. The van der Waals surface area contributed by atoms with E-state index in [1.54, 1.807) is 0 Å². The molecule has 26 heavy (non-hydrogen) atoms. The van der Waals surface area contributed by atoms with Gasteiger partial charge in [-0.2, -0.15) is 26.3 Å². The average Bonchev–Trinajstić information content (AvgIpc) is 2.60. The highest BCUT2D eigenvalue weighted by Crippen LogP contribution is 2.23. The van der Waals surface area contributed by atoms with Gasteiger partial charge in [0.1, 0.15) is 0 Å². The zero-order valence-corrected chi connectivity index (χ0v) is 15.3. The first-order chi connectivity index (χ1) is 12.2. The highest BCUT2D eigenvalue weighted by atomic mass is 19.4. The molecule has 10 heteroatoms. The Morgan fingerprint density at radius 1 is 0.577 bits per heavy atom. The van der Waals surface area contributed by atoms with Crippen LogP contribution in [0.15, 0.2) is 12.2 Å². The van der Waals surface area contributed by atoms with Crippen molar-refractivity contribution in [2.45, 2.75) is 26.4 Å². The number of halogens is 6. The highest BCUT2D eigenvalue weighted by Gasteiger charge is 2.39. The smallest absolute Gasteiger partial charge is 0.297 e. The Balaban J connectivity index is 0.00000163. The van der Waals surface area contributed by atoms with Gasteiger partial charge in [-0.05, 0) is 0 Å². The van der Waals surface area contributed by atoms with Gasteiger partial charge in [0.15, 0.2) is 0 Å². The minimum absolute atomic E-state index is 0.0310. The summed E-state index contributed by atoms with van der Waals surface area (Å²) in [6.45, 7) is 6.42. The summed E-state index contributed by atoms with van der Waals surface area (Å²) in [7, 11) is 0. The molecular formula is C16H28F6N4. The number of hydrogen-bond acceptors (Lipinski definition) is 4. The van der Waals surface area contributed by atoms with Crippen molar-refractivity contribution in [1.29, 1.82) is 0 Å². The fraction of sp³-hybridized carbons (Fsp3) is 0.875. The molecule has 2 rings (SSSR count). The Morgan fingerprint density at radius 2 is 0.846 bits per heavy atom. The van der Waals surface area contributed by atoms with Crippen molar-refractivity contribution >= 4 is 0 Å². The Kier molecular flexibility index (Phi) is 9.35. The molecular weight excluding hydrogens is 362 g/mol. The molecule has 4 nitrogen and oxygen atoms in total. The second kappa shape index (κ2) is 10.5. The largest absolute Gasteiger partial charge is 0.460 e. The summed E-state index contributed by atoms with van der Waals surface area (Å²) >= 11 is 0. The van der Waals surface area contributed by atoms with Crippen LogP contribution in [0.1, 0.15) is 13.8 Å². The first kappa shape index (κ1) is 23.2. The zero-order chi connectivity index (χ0) is 19.8. The summed E-state index contributed by atoms with van der Waals surface area (Å²) < 4.78 is 75.0. The van der Waals surface area contributed by atoms with Crippen LogP contribution in [0.5, 0.6) is 0 Å². The average molecular weight is 390 g/mol.